The van der Waals surface area contributed by atoms with Gasteiger partial charge in [-0.15, -0.1) is 23.2 Å². The Hall–Kier alpha value is 0.0900. The SMILES string of the molecule is COC1(OC)[C@@]2(Cl)C[C@@H]3CC(C(C)(C)C)O[C@](O)(C2=O)[C@@]31Cl. The molecule has 126 valence electrons. The molecule has 3 fully saturated rings. The second-order valence-corrected chi connectivity index (χ2v) is 8.86. The van der Waals surface area contributed by atoms with Crippen LogP contribution < -0.4 is 0 Å². The van der Waals surface area contributed by atoms with Gasteiger partial charge in [-0.1, -0.05) is 20.8 Å². The van der Waals surface area contributed by atoms with Crippen LogP contribution in [0.2, 0.25) is 0 Å². The first-order valence-electron chi connectivity index (χ1n) is 7.38. The van der Waals surface area contributed by atoms with Crippen molar-refractivity contribution in [1.82, 2.24) is 0 Å². The van der Waals surface area contributed by atoms with E-state index in [-0.39, 0.29) is 23.9 Å². The van der Waals surface area contributed by atoms with Crippen molar-refractivity contribution in [2.24, 2.45) is 11.3 Å². The van der Waals surface area contributed by atoms with Crippen molar-refractivity contribution in [3.05, 3.63) is 0 Å². The molecule has 5 atom stereocenters. The minimum atomic E-state index is -2.22. The van der Waals surface area contributed by atoms with E-state index in [1.165, 1.54) is 14.2 Å². The molecule has 2 bridgehead atoms. The summed E-state index contributed by atoms with van der Waals surface area (Å²) in [6, 6.07) is 0. The Labute approximate surface area is 140 Å². The summed E-state index contributed by atoms with van der Waals surface area (Å²) >= 11 is 13.4. The molecular formula is C15H22Cl2O5. The molecule has 0 aromatic heterocycles. The summed E-state index contributed by atoms with van der Waals surface area (Å²) < 4.78 is 16.8. The van der Waals surface area contributed by atoms with Crippen LogP contribution in [0, 0.1) is 11.3 Å². The second-order valence-electron chi connectivity index (χ2n) is 7.62. The van der Waals surface area contributed by atoms with Crippen molar-refractivity contribution in [3.8, 4) is 0 Å². The third-order valence-corrected chi connectivity index (χ3v) is 6.99. The minimum Gasteiger partial charge on any atom is -0.358 e. The van der Waals surface area contributed by atoms with Crippen LogP contribution in [0.15, 0.2) is 0 Å². The zero-order valence-electron chi connectivity index (χ0n) is 13.4. The number of hydrogen-bond acceptors (Lipinski definition) is 5. The van der Waals surface area contributed by atoms with Gasteiger partial charge >= 0.3 is 0 Å². The van der Waals surface area contributed by atoms with E-state index in [2.05, 4.69) is 0 Å². The third-order valence-electron chi connectivity index (χ3n) is 5.60. The summed E-state index contributed by atoms with van der Waals surface area (Å²) in [6.07, 6.45) is 0.548. The highest BCUT2D eigenvalue weighted by molar-refractivity contribution is 6.44. The Morgan fingerprint density at radius 3 is 2.23 bits per heavy atom. The molecule has 1 heterocycles. The van der Waals surface area contributed by atoms with Gasteiger partial charge in [-0.3, -0.25) is 4.79 Å². The van der Waals surface area contributed by atoms with Gasteiger partial charge in [0.05, 0.1) is 6.10 Å². The van der Waals surface area contributed by atoms with Gasteiger partial charge in [0.1, 0.15) is 0 Å². The standard InChI is InChI=1S/C15H22Cl2O5/c1-11(2,3)9-6-8-7-12(16)10(18)14(19,22-9)13(8,17)15(12,20-4)21-5/h8-9,19H,6-7H2,1-5H3/t8-,9?,12+,13-,14+/m0/s1. The number of alkyl halides is 2. The Morgan fingerprint density at radius 2 is 1.82 bits per heavy atom. The number of fused-ring (bicyclic) bond motifs is 1. The number of carbonyl (C=O) groups excluding carboxylic acids is 1. The molecule has 2 aliphatic carbocycles. The zero-order chi connectivity index (χ0) is 16.8. The normalized spacial score (nSPS) is 49.7. The Balaban J connectivity index is 2.18. The number of methoxy groups -OCH3 is 2. The molecule has 0 radical (unpaired) electrons. The maximum Gasteiger partial charge on any atom is 0.254 e. The highest BCUT2D eigenvalue weighted by Gasteiger charge is 2.93. The molecule has 0 aromatic rings. The van der Waals surface area contributed by atoms with E-state index in [1.807, 2.05) is 20.8 Å². The fourth-order valence-electron chi connectivity index (χ4n) is 4.48. The summed E-state index contributed by atoms with van der Waals surface area (Å²) in [6.45, 7) is 5.98. The average molecular weight is 353 g/mol. The van der Waals surface area contributed by atoms with E-state index in [1.54, 1.807) is 0 Å². The highest BCUT2D eigenvalue weighted by Crippen LogP contribution is 2.73. The first kappa shape index (κ1) is 16.9. The number of aliphatic hydroxyl groups is 1. The average Bonchev–Trinajstić information content (AvgIpc) is 2.68. The smallest absolute Gasteiger partial charge is 0.254 e. The zero-order valence-corrected chi connectivity index (χ0v) is 14.9. The molecule has 0 aromatic carbocycles. The summed E-state index contributed by atoms with van der Waals surface area (Å²) in [7, 11) is 2.75. The Kier molecular flexibility index (Phi) is 3.37. The minimum absolute atomic E-state index is 0.246. The second kappa shape index (κ2) is 4.38. The van der Waals surface area contributed by atoms with Crippen molar-refractivity contribution in [3.63, 3.8) is 0 Å². The summed E-state index contributed by atoms with van der Waals surface area (Å²) in [5, 5.41) is 11.1. The number of halogens is 2. The molecule has 2 saturated carbocycles. The van der Waals surface area contributed by atoms with Crippen molar-refractivity contribution >= 4 is 29.0 Å². The van der Waals surface area contributed by atoms with Gasteiger partial charge in [0.2, 0.25) is 11.6 Å². The van der Waals surface area contributed by atoms with E-state index in [4.69, 9.17) is 37.4 Å². The van der Waals surface area contributed by atoms with Gasteiger partial charge in [0.15, 0.2) is 9.75 Å². The van der Waals surface area contributed by atoms with E-state index in [0.717, 1.165) is 0 Å². The van der Waals surface area contributed by atoms with Gasteiger partial charge in [-0.2, -0.15) is 0 Å². The predicted molar refractivity (Wildman–Crippen MR) is 80.9 cm³/mol. The summed E-state index contributed by atoms with van der Waals surface area (Å²) in [5.74, 6) is -4.78. The molecule has 3 rings (SSSR count). The van der Waals surface area contributed by atoms with Gasteiger partial charge in [0.25, 0.3) is 5.79 Å². The van der Waals surface area contributed by atoms with E-state index in [9.17, 15) is 9.90 Å². The number of hydrogen-bond donors (Lipinski definition) is 1. The van der Waals surface area contributed by atoms with Gasteiger partial charge in [0, 0.05) is 14.2 Å². The monoisotopic (exact) mass is 352 g/mol. The fraction of sp³-hybridized carbons (Fsp3) is 0.933. The molecule has 3 aliphatic rings. The molecule has 0 spiro atoms. The topological polar surface area (TPSA) is 65.0 Å². The number of ketones is 1. The van der Waals surface area contributed by atoms with E-state index in [0.29, 0.717) is 6.42 Å². The van der Waals surface area contributed by atoms with E-state index < -0.39 is 27.1 Å². The van der Waals surface area contributed by atoms with Crippen molar-refractivity contribution in [2.75, 3.05) is 14.2 Å². The Morgan fingerprint density at radius 1 is 1.27 bits per heavy atom. The first-order valence-corrected chi connectivity index (χ1v) is 8.13. The molecule has 1 saturated heterocycles. The summed E-state index contributed by atoms with van der Waals surface area (Å²) in [5.41, 5.74) is -0.246. The Bertz CT molecular complexity index is 529. The van der Waals surface area contributed by atoms with Crippen molar-refractivity contribution in [2.45, 2.75) is 61.0 Å². The number of rotatable bonds is 2. The van der Waals surface area contributed by atoms with Gasteiger partial charge in [-0.25, -0.2) is 0 Å². The predicted octanol–water partition coefficient (Wildman–Crippen LogP) is 2.06. The van der Waals surface area contributed by atoms with Crippen LogP contribution in [-0.4, -0.2) is 52.5 Å². The number of carbonyl (C=O) groups is 1. The summed E-state index contributed by atoms with van der Waals surface area (Å²) in [4.78, 5) is 9.76. The van der Waals surface area contributed by atoms with Crippen LogP contribution in [0.1, 0.15) is 33.6 Å². The van der Waals surface area contributed by atoms with Gasteiger partial charge in [-0.05, 0) is 24.2 Å². The van der Waals surface area contributed by atoms with Crippen LogP contribution in [0.3, 0.4) is 0 Å². The van der Waals surface area contributed by atoms with Crippen LogP contribution in [0.5, 0.6) is 0 Å². The largest absolute Gasteiger partial charge is 0.358 e. The molecule has 1 aliphatic heterocycles. The molecule has 7 heteroatoms. The first-order chi connectivity index (χ1) is 9.94. The van der Waals surface area contributed by atoms with E-state index >= 15 is 0 Å². The molecule has 1 N–H and O–H groups in total. The lowest BCUT2D eigenvalue weighted by Crippen LogP contribution is -2.69. The van der Waals surface area contributed by atoms with Crippen LogP contribution in [0.25, 0.3) is 0 Å². The maximum absolute atomic E-state index is 12.9. The van der Waals surface area contributed by atoms with Crippen LogP contribution >= 0.6 is 23.2 Å². The molecule has 22 heavy (non-hydrogen) atoms. The van der Waals surface area contributed by atoms with Crippen molar-refractivity contribution in [1.29, 1.82) is 0 Å². The molecular weight excluding hydrogens is 331 g/mol. The number of Topliss-reactive ketones (excluding diaryl/α,β-unsaturated/α-hetero) is 1. The van der Waals surface area contributed by atoms with Crippen LogP contribution in [-0.2, 0) is 19.0 Å². The molecule has 1 unspecified atom stereocenters. The molecule has 0 amide bonds. The quantitative estimate of drug-likeness (QED) is 0.608. The lowest BCUT2D eigenvalue weighted by Gasteiger charge is -2.53. The maximum atomic E-state index is 12.9. The number of ether oxygens (including phenoxy) is 3. The fourth-order valence-corrected chi connectivity index (χ4v) is 5.76. The van der Waals surface area contributed by atoms with Crippen molar-refractivity contribution < 1.29 is 24.1 Å². The van der Waals surface area contributed by atoms with Gasteiger partial charge < -0.3 is 19.3 Å². The highest BCUT2D eigenvalue weighted by atomic mass is 35.5. The van der Waals surface area contributed by atoms with Crippen LogP contribution in [0.4, 0.5) is 0 Å². The lowest BCUT2D eigenvalue weighted by molar-refractivity contribution is -0.316. The molecule has 5 nitrogen and oxygen atoms in total. The third kappa shape index (κ3) is 1.45. The lowest BCUT2D eigenvalue weighted by atomic mass is 9.71.